The molecule has 1 aromatic heterocycles. The van der Waals surface area contributed by atoms with E-state index in [1.807, 2.05) is 37.4 Å². The van der Waals surface area contributed by atoms with Gasteiger partial charge in [-0.25, -0.2) is 0 Å². The molecule has 4 rings (SSSR count). The average Bonchev–Trinajstić information content (AvgIpc) is 3.10. The number of benzene rings is 1. The second-order valence-electron chi connectivity index (χ2n) is 7.05. The molecular formula is C19H23N5O2. The normalized spacial score (nSPS) is 18.7. The van der Waals surface area contributed by atoms with Gasteiger partial charge in [-0.2, -0.15) is 5.10 Å². The standard InChI is InChI=1S/C19H23N5O2/c1-13(23-7-2-8-23)18(25)22-17-11-24(12-17)19(26)15-5-3-14(4-6-15)16-9-20-21-10-16/h3-6,9-10,13,17H,2,7-8,11-12H2,1H3,(H,20,21)(H,22,25). The lowest BCUT2D eigenvalue weighted by Gasteiger charge is -2.41. The lowest BCUT2D eigenvalue weighted by atomic mass is 10.0. The van der Waals surface area contributed by atoms with Crippen molar-refractivity contribution in [2.24, 2.45) is 0 Å². The summed E-state index contributed by atoms with van der Waals surface area (Å²) in [6, 6.07) is 7.49. The van der Waals surface area contributed by atoms with Crippen LogP contribution in [0, 0.1) is 0 Å². The van der Waals surface area contributed by atoms with Crippen molar-refractivity contribution in [1.82, 2.24) is 25.3 Å². The molecule has 2 aromatic rings. The lowest BCUT2D eigenvalue weighted by Crippen LogP contribution is -2.63. The van der Waals surface area contributed by atoms with Crippen LogP contribution in [0.25, 0.3) is 11.1 Å². The fourth-order valence-electron chi connectivity index (χ4n) is 3.35. The van der Waals surface area contributed by atoms with E-state index in [0.717, 1.165) is 24.2 Å². The van der Waals surface area contributed by atoms with Gasteiger partial charge in [-0.1, -0.05) is 12.1 Å². The van der Waals surface area contributed by atoms with Gasteiger partial charge < -0.3 is 10.2 Å². The Labute approximate surface area is 152 Å². The predicted octanol–water partition coefficient (Wildman–Crippen LogP) is 1.11. The molecule has 2 N–H and O–H groups in total. The Bertz CT molecular complexity index is 777. The maximum absolute atomic E-state index is 12.5. The van der Waals surface area contributed by atoms with E-state index in [2.05, 4.69) is 20.4 Å². The van der Waals surface area contributed by atoms with E-state index in [4.69, 9.17) is 0 Å². The zero-order valence-corrected chi connectivity index (χ0v) is 14.8. The third kappa shape index (κ3) is 3.22. The number of likely N-dealkylation sites (tertiary alicyclic amines) is 2. The van der Waals surface area contributed by atoms with E-state index in [0.29, 0.717) is 18.7 Å². The molecule has 0 radical (unpaired) electrons. The topological polar surface area (TPSA) is 81.3 Å². The molecule has 2 amide bonds. The largest absolute Gasteiger partial charge is 0.348 e. The summed E-state index contributed by atoms with van der Waals surface area (Å²) in [7, 11) is 0. The van der Waals surface area contributed by atoms with Crippen LogP contribution in [0.3, 0.4) is 0 Å². The highest BCUT2D eigenvalue weighted by Gasteiger charge is 2.34. The summed E-state index contributed by atoms with van der Waals surface area (Å²) < 4.78 is 0. The number of nitrogens with zero attached hydrogens (tertiary/aromatic N) is 3. The van der Waals surface area contributed by atoms with Crippen molar-refractivity contribution in [3.8, 4) is 11.1 Å². The molecule has 1 unspecified atom stereocenters. The first-order valence-corrected chi connectivity index (χ1v) is 9.05. The third-order valence-corrected chi connectivity index (χ3v) is 5.30. The Hall–Kier alpha value is -2.67. The molecule has 3 heterocycles. The quantitative estimate of drug-likeness (QED) is 0.844. The first kappa shape index (κ1) is 16.8. The molecule has 2 aliphatic heterocycles. The van der Waals surface area contributed by atoms with Crippen molar-refractivity contribution in [3.63, 3.8) is 0 Å². The van der Waals surface area contributed by atoms with Crippen LogP contribution in [0.1, 0.15) is 23.7 Å². The highest BCUT2D eigenvalue weighted by atomic mass is 16.2. The van der Waals surface area contributed by atoms with E-state index in [1.165, 1.54) is 6.42 Å². The van der Waals surface area contributed by atoms with Crippen LogP contribution in [0.15, 0.2) is 36.7 Å². The Morgan fingerprint density at radius 3 is 2.50 bits per heavy atom. The lowest BCUT2D eigenvalue weighted by molar-refractivity contribution is -0.128. The van der Waals surface area contributed by atoms with E-state index in [9.17, 15) is 9.59 Å². The minimum absolute atomic E-state index is 0.00466. The van der Waals surface area contributed by atoms with Crippen LogP contribution >= 0.6 is 0 Å². The van der Waals surface area contributed by atoms with Crippen LogP contribution in [0.2, 0.25) is 0 Å². The number of carbonyl (C=O) groups is 2. The average molecular weight is 353 g/mol. The maximum Gasteiger partial charge on any atom is 0.253 e. The highest BCUT2D eigenvalue weighted by molar-refractivity contribution is 5.95. The van der Waals surface area contributed by atoms with Crippen molar-refractivity contribution >= 4 is 11.8 Å². The minimum atomic E-state index is -0.0797. The first-order valence-electron chi connectivity index (χ1n) is 9.05. The molecule has 136 valence electrons. The van der Waals surface area contributed by atoms with Crippen LogP contribution in [-0.2, 0) is 4.79 Å². The molecular weight excluding hydrogens is 330 g/mol. The molecule has 2 saturated heterocycles. The van der Waals surface area contributed by atoms with Gasteiger partial charge >= 0.3 is 0 Å². The predicted molar refractivity (Wildman–Crippen MR) is 97.5 cm³/mol. The molecule has 0 bridgehead atoms. The van der Waals surface area contributed by atoms with E-state index < -0.39 is 0 Å². The van der Waals surface area contributed by atoms with Crippen molar-refractivity contribution < 1.29 is 9.59 Å². The Kier molecular flexibility index (Phi) is 4.46. The van der Waals surface area contributed by atoms with Gasteiger partial charge in [0.25, 0.3) is 5.91 Å². The number of rotatable bonds is 5. The highest BCUT2D eigenvalue weighted by Crippen LogP contribution is 2.20. The van der Waals surface area contributed by atoms with Crippen LogP contribution in [0.5, 0.6) is 0 Å². The summed E-state index contributed by atoms with van der Waals surface area (Å²) in [5.74, 6) is 0.0660. The molecule has 0 aliphatic carbocycles. The number of hydrogen-bond donors (Lipinski definition) is 2. The van der Waals surface area contributed by atoms with Gasteiger partial charge in [0.15, 0.2) is 0 Å². The Morgan fingerprint density at radius 1 is 1.19 bits per heavy atom. The van der Waals surface area contributed by atoms with Crippen molar-refractivity contribution in [1.29, 1.82) is 0 Å². The Morgan fingerprint density at radius 2 is 1.92 bits per heavy atom. The van der Waals surface area contributed by atoms with Crippen LogP contribution < -0.4 is 5.32 Å². The summed E-state index contributed by atoms with van der Waals surface area (Å²) in [5.41, 5.74) is 2.67. The molecule has 0 spiro atoms. The van der Waals surface area contributed by atoms with Crippen molar-refractivity contribution in [2.75, 3.05) is 26.2 Å². The molecule has 1 atom stereocenters. The monoisotopic (exact) mass is 353 g/mol. The van der Waals surface area contributed by atoms with E-state index in [-0.39, 0.29) is 23.9 Å². The number of aromatic nitrogens is 2. The number of hydrogen-bond acceptors (Lipinski definition) is 4. The molecule has 26 heavy (non-hydrogen) atoms. The van der Waals surface area contributed by atoms with Gasteiger partial charge in [-0.3, -0.25) is 19.6 Å². The number of H-pyrrole nitrogens is 1. The summed E-state index contributed by atoms with van der Waals surface area (Å²) in [6.45, 7) is 5.08. The van der Waals surface area contributed by atoms with Gasteiger partial charge in [0.05, 0.1) is 18.3 Å². The van der Waals surface area contributed by atoms with Crippen LogP contribution in [0.4, 0.5) is 0 Å². The third-order valence-electron chi connectivity index (χ3n) is 5.30. The first-order chi connectivity index (χ1) is 12.6. The molecule has 1 aromatic carbocycles. The van der Waals surface area contributed by atoms with Gasteiger partial charge in [0, 0.05) is 43.5 Å². The van der Waals surface area contributed by atoms with E-state index in [1.54, 1.807) is 11.1 Å². The minimum Gasteiger partial charge on any atom is -0.348 e. The number of carbonyl (C=O) groups excluding carboxylic acids is 2. The molecule has 2 fully saturated rings. The fraction of sp³-hybridized carbons (Fsp3) is 0.421. The summed E-state index contributed by atoms with van der Waals surface area (Å²) >= 11 is 0. The number of amides is 2. The second kappa shape index (κ2) is 6.92. The second-order valence-corrected chi connectivity index (χ2v) is 7.05. The molecule has 7 nitrogen and oxygen atoms in total. The smallest absolute Gasteiger partial charge is 0.253 e. The zero-order valence-electron chi connectivity index (χ0n) is 14.8. The van der Waals surface area contributed by atoms with Gasteiger partial charge in [-0.05, 0) is 31.0 Å². The van der Waals surface area contributed by atoms with Gasteiger partial charge in [0.2, 0.25) is 5.91 Å². The molecule has 7 heteroatoms. The maximum atomic E-state index is 12.5. The number of aromatic amines is 1. The van der Waals surface area contributed by atoms with Crippen molar-refractivity contribution in [2.45, 2.75) is 25.4 Å². The zero-order chi connectivity index (χ0) is 18.1. The van der Waals surface area contributed by atoms with Crippen molar-refractivity contribution in [3.05, 3.63) is 42.2 Å². The number of nitrogens with one attached hydrogen (secondary N) is 2. The molecule has 2 aliphatic rings. The summed E-state index contributed by atoms with van der Waals surface area (Å²) in [6.07, 6.45) is 4.74. The van der Waals surface area contributed by atoms with E-state index >= 15 is 0 Å². The van der Waals surface area contributed by atoms with Gasteiger partial charge in [-0.15, -0.1) is 0 Å². The Balaban J connectivity index is 1.28. The van der Waals surface area contributed by atoms with Gasteiger partial charge in [0.1, 0.15) is 0 Å². The summed E-state index contributed by atoms with van der Waals surface area (Å²) in [5, 5.41) is 9.76. The fourth-order valence-corrected chi connectivity index (χ4v) is 3.35. The molecule has 0 saturated carbocycles. The SMILES string of the molecule is CC(C(=O)NC1CN(C(=O)c2ccc(-c3cn[nH]c3)cc2)C1)N1CCC1. The van der Waals surface area contributed by atoms with Crippen LogP contribution in [-0.4, -0.2) is 70.1 Å². The summed E-state index contributed by atoms with van der Waals surface area (Å²) in [4.78, 5) is 28.7.